The van der Waals surface area contributed by atoms with Crippen LogP contribution in [0.25, 0.3) is 11.1 Å². The van der Waals surface area contributed by atoms with Crippen LogP contribution in [0.4, 0.5) is 0 Å². The Balaban J connectivity index is 2.01. The van der Waals surface area contributed by atoms with Crippen molar-refractivity contribution < 1.29 is 0 Å². The average Bonchev–Trinajstić information content (AvgIpc) is 2.55. The quantitative estimate of drug-likeness (QED) is 0.668. The van der Waals surface area contributed by atoms with E-state index in [9.17, 15) is 0 Å². The zero-order valence-corrected chi connectivity index (χ0v) is 15.2. The molecule has 0 saturated carbocycles. The van der Waals surface area contributed by atoms with Gasteiger partial charge in [0.2, 0.25) is 0 Å². The van der Waals surface area contributed by atoms with Crippen molar-refractivity contribution in [1.82, 2.24) is 4.90 Å². The SMILES string of the molecule is CN(C/C=C/C#CC(C)(C)C)Cc1ccccc1-c1ccccc1. The van der Waals surface area contributed by atoms with Gasteiger partial charge in [0.15, 0.2) is 0 Å². The Morgan fingerprint density at radius 2 is 1.62 bits per heavy atom. The molecule has 0 bridgehead atoms. The number of likely N-dealkylation sites (N-methyl/N-ethyl adjacent to an activating group) is 1. The molecule has 0 spiro atoms. The summed E-state index contributed by atoms with van der Waals surface area (Å²) in [4.78, 5) is 2.30. The molecule has 124 valence electrons. The minimum absolute atomic E-state index is 0.0604. The van der Waals surface area contributed by atoms with E-state index in [-0.39, 0.29) is 5.41 Å². The van der Waals surface area contributed by atoms with E-state index in [0.29, 0.717) is 0 Å². The van der Waals surface area contributed by atoms with E-state index in [4.69, 9.17) is 0 Å². The first-order chi connectivity index (χ1) is 11.5. The lowest BCUT2D eigenvalue weighted by Crippen LogP contribution is -2.18. The smallest absolute Gasteiger partial charge is 0.0240 e. The maximum Gasteiger partial charge on any atom is 0.0240 e. The molecule has 0 aliphatic carbocycles. The Labute approximate surface area is 147 Å². The van der Waals surface area contributed by atoms with Gasteiger partial charge in [0.25, 0.3) is 0 Å². The molecule has 0 aliphatic rings. The molecule has 0 aliphatic heterocycles. The first kappa shape index (κ1) is 18.0. The predicted molar refractivity (Wildman–Crippen MR) is 105 cm³/mol. The van der Waals surface area contributed by atoms with Crippen LogP contribution < -0.4 is 0 Å². The molecule has 1 heteroatoms. The summed E-state index contributed by atoms with van der Waals surface area (Å²) < 4.78 is 0. The molecule has 0 saturated heterocycles. The summed E-state index contributed by atoms with van der Waals surface area (Å²) in [5, 5.41) is 0. The van der Waals surface area contributed by atoms with Gasteiger partial charge in [-0.3, -0.25) is 4.90 Å². The fourth-order valence-electron chi connectivity index (χ4n) is 2.46. The third-order valence-corrected chi connectivity index (χ3v) is 3.61. The summed E-state index contributed by atoms with van der Waals surface area (Å²) in [6.45, 7) is 8.19. The summed E-state index contributed by atoms with van der Waals surface area (Å²) >= 11 is 0. The third kappa shape index (κ3) is 6.07. The predicted octanol–water partition coefficient (Wildman–Crippen LogP) is 5.39. The molecule has 0 atom stereocenters. The van der Waals surface area contributed by atoms with Gasteiger partial charge in [0.05, 0.1) is 0 Å². The van der Waals surface area contributed by atoms with Crippen molar-refractivity contribution >= 4 is 0 Å². The van der Waals surface area contributed by atoms with Crippen molar-refractivity contribution in [3.05, 3.63) is 72.3 Å². The molecular formula is C23H27N. The summed E-state index contributed by atoms with van der Waals surface area (Å²) in [5.41, 5.74) is 3.99. The molecule has 1 nitrogen and oxygen atoms in total. The van der Waals surface area contributed by atoms with Crippen molar-refractivity contribution in [3.8, 4) is 23.0 Å². The second-order valence-electron chi connectivity index (χ2n) is 7.14. The Morgan fingerprint density at radius 3 is 2.33 bits per heavy atom. The van der Waals surface area contributed by atoms with Crippen LogP contribution in [-0.4, -0.2) is 18.5 Å². The first-order valence-electron chi connectivity index (χ1n) is 8.45. The Morgan fingerprint density at radius 1 is 0.958 bits per heavy atom. The molecule has 2 aromatic rings. The molecule has 2 rings (SSSR count). The summed E-state index contributed by atoms with van der Waals surface area (Å²) in [5.74, 6) is 6.35. The van der Waals surface area contributed by atoms with Crippen LogP contribution in [0.2, 0.25) is 0 Å². The topological polar surface area (TPSA) is 3.24 Å². The first-order valence-corrected chi connectivity index (χ1v) is 8.45. The van der Waals surface area contributed by atoms with Gasteiger partial charge in [-0.15, -0.1) is 0 Å². The standard InChI is InChI=1S/C23H27N/c1-23(2,3)17-11-6-12-18-24(4)19-21-15-9-10-16-22(21)20-13-7-5-8-14-20/h5-10,12-16H,18-19H2,1-4H3/b12-6+. The van der Waals surface area contributed by atoms with Crippen molar-refractivity contribution in [2.45, 2.75) is 27.3 Å². The lowest BCUT2D eigenvalue weighted by atomic mass is 9.98. The average molecular weight is 317 g/mol. The van der Waals surface area contributed by atoms with Gasteiger partial charge in [-0.25, -0.2) is 0 Å². The molecule has 0 heterocycles. The number of benzene rings is 2. The van der Waals surface area contributed by atoms with Crippen LogP contribution in [-0.2, 0) is 6.54 Å². The van der Waals surface area contributed by atoms with Crippen LogP contribution in [0.3, 0.4) is 0 Å². The minimum Gasteiger partial charge on any atom is -0.298 e. The maximum absolute atomic E-state index is 3.22. The number of allylic oxidation sites excluding steroid dienone is 1. The number of hydrogen-bond donors (Lipinski definition) is 0. The monoisotopic (exact) mass is 317 g/mol. The maximum atomic E-state index is 3.22. The normalized spacial score (nSPS) is 11.5. The molecule has 0 aromatic heterocycles. The Kier molecular flexibility index (Phi) is 6.41. The van der Waals surface area contributed by atoms with Gasteiger partial charge < -0.3 is 0 Å². The second-order valence-corrected chi connectivity index (χ2v) is 7.14. The van der Waals surface area contributed by atoms with Crippen molar-refractivity contribution in [1.29, 1.82) is 0 Å². The van der Waals surface area contributed by atoms with Crippen LogP contribution in [0.15, 0.2) is 66.7 Å². The number of nitrogens with zero attached hydrogens (tertiary/aromatic N) is 1. The highest BCUT2D eigenvalue weighted by atomic mass is 15.1. The fourth-order valence-corrected chi connectivity index (χ4v) is 2.46. The van der Waals surface area contributed by atoms with E-state index in [1.807, 2.05) is 6.08 Å². The van der Waals surface area contributed by atoms with E-state index in [0.717, 1.165) is 13.1 Å². The molecule has 0 N–H and O–H groups in total. The zero-order chi connectivity index (χ0) is 17.4. The lowest BCUT2D eigenvalue weighted by Gasteiger charge is -2.17. The highest BCUT2D eigenvalue weighted by molar-refractivity contribution is 5.67. The zero-order valence-electron chi connectivity index (χ0n) is 15.2. The van der Waals surface area contributed by atoms with E-state index >= 15 is 0 Å². The van der Waals surface area contributed by atoms with Crippen LogP contribution in [0.5, 0.6) is 0 Å². The van der Waals surface area contributed by atoms with E-state index in [1.54, 1.807) is 0 Å². The van der Waals surface area contributed by atoms with Gasteiger partial charge in [-0.2, -0.15) is 0 Å². The highest BCUT2D eigenvalue weighted by Gasteiger charge is 2.06. The van der Waals surface area contributed by atoms with E-state index in [2.05, 4.69) is 105 Å². The molecule has 2 aromatic carbocycles. The molecule has 0 unspecified atom stereocenters. The highest BCUT2D eigenvalue weighted by Crippen LogP contribution is 2.24. The van der Waals surface area contributed by atoms with Gasteiger partial charge in [0, 0.05) is 18.5 Å². The fraction of sp³-hybridized carbons (Fsp3) is 0.304. The number of rotatable bonds is 5. The van der Waals surface area contributed by atoms with E-state index < -0.39 is 0 Å². The minimum atomic E-state index is 0.0604. The largest absolute Gasteiger partial charge is 0.298 e. The van der Waals surface area contributed by atoms with Crippen LogP contribution in [0, 0.1) is 17.3 Å². The Bertz CT molecular complexity index is 724. The second kappa shape index (κ2) is 8.52. The molecule has 0 amide bonds. The van der Waals surface area contributed by atoms with Gasteiger partial charge in [0.1, 0.15) is 0 Å². The molecule has 0 fully saturated rings. The van der Waals surface area contributed by atoms with Gasteiger partial charge in [-0.1, -0.05) is 72.5 Å². The van der Waals surface area contributed by atoms with Crippen molar-refractivity contribution in [3.63, 3.8) is 0 Å². The molecular weight excluding hydrogens is 290 g/mol. The molecule has 24 heavy (non-hydrogen) atoms. The Hall–Kier alpha value is -2.30. The van der Waals surface area contributed by atoms with Crippen LogP contribution in [0.1, 0.15) is 26.3 Å². The van der Waals surface area contributed by atoms with E-state index in [1.165, 1.54) is 16.7 Å². The number of hydrogen-bond acceptors (Lipinski definition) is 1. The van der Waals surface area contributed by atoms with Crippen molar-refractivity contribution in [2.75, 3.05) is 13.6 Å². The molecule has 0 radical (unpaired) electrons. The van der Waals surface area contributed by atoms with Crippen molar-refractivity contribution in [2.24, 2.45) is 5.41 Å². The summed E-state index contributed by atoms with van der Waals surface area (Å²) in [7, 11) is 2.14. The van der Waals surface area contributed by atoms with Gasteiger partial charge in [-0.05, 0) is 50.6 Å². The summed E-state index contributed by atoms with van der Waals surface area (Å²) in [6, 6.07) is 19.2. The van der Waals surface area contributed by atoms with Gasteiger partial charge >= 0.3 is 0 Å². The van der Waals surface area contributed by atoms with Crippen LogP contribution >= 0.6 is 0 Å². The third-order valence-electron chi connectivity index (χ3n) is 3.61. The summed E-state index contributed by atoms with van der Waals surface area (Å²) in [6.07, 6.45) is 4.09. The lowest BCUT2D eigenvalue weighted by molar-refractivity contribution is 0.364.